The van der Waals surface area contributed by atoms with Crippen LogP contribution in [0.4, 0.5) is 10.5 Å². The third-order valence-corrected chi connectivity index (χ3v) is 3.02. The zero-order valence-corrected chi connectivity index (χ0v) is 9.89. The van der Waals surface area contributed by atoms with Crippen LogP contribution in [0, 0.1) is 0 Å². The molecular weight excluding hydrogens is 254 g/mol. The van der Waals surface area contributed by atoms with E-state index in [0.717, 1.165) is 0 Å². The van der Waals surface area contributed by atoms with Gasteiger partial charge in [0.2, 0.25) is 5.91 Å². The Morgan fingerprint density at radius 3 is 2.74 bits per heavy atom. The molecule has 100 valence electrons. The average Bonchev–Trinajstić information content (AvgIpc) is 2.60. The van der Waals surface area contributed by atoms with Crippen LogP contribution in [-0.2, 0) is 15.0 Å². The van der Waals surface area contributed by atoms with Crippen molar-refractivity contribution < 1.29 is 24.2 Å². The van der Waals surface area contributed by atoms with Crippen molar-refractivity contribution in [3.8, 4) is 5.75 Å². The first-order chi connectivity index (χ1) is 8.89. The summed E-state index contributed by atoms with van der Waals surface area (Å²) in [6.45, 7) is 1.42. The molecule has 1 heterocycles. The third kappa shape index (κ3) is 1.87. The number of nitrogens with two attached hydrogens (primary N) is 1. The lowest BCUT2D eigenvalue weighted by molar-refractivity contribution is -0.133. The number of fused-ring (bicyclic) bond motifs is 1. The van der Waals surface area contributed by atoms with Crippen LogP contribution in [0.5, 0.6) is 5.75 Å². The molecule has 2 rings (SSSR count). The van der Waals surface area contributed by atoms with Crippen molar-refractivity contribution in [2.75, 3.05) is 5.32 Å². The Hall–Kier alpha value is -2.61. The number of carbonyl (C=O) groups excluding carboxylic acids is 2. The Bertz CT molecular complexity index is 586. The van der Waals surface area contributed by atoms with E-state index in [0.29, 0.717) is 11.3 Å². The molecule has 1 atom stereocenters. The van der Waals surface area contributed by atoms with Crippen molar-refractivity contribution in [3.63, 3.8) is 0 Å². The Morgan fingerprint density at radius 1 is 1.47 bits per heavy atom. The van der Waals surface area contributed by atoms with Gasteiger partial charge in [0.25, 0.3) is 5.91 Å². The van der Waals surface area contributed by atoms with Gasteiger partial charge in [0.15, 0.2) is 5.41 Å². The fourth-order valence-corrected chi connectivity index (χ4v) is 1.97. The lowest BCUT2D eigenvalue weighted by Gasteiger charge is -2.19. The summed E-state index contributed by atoms with van der Waals surface area (Å²) in [6, 6.07) is 4.13. The number of hydrazine groups is 1. The summed E-state index contributed by atoms with van der Waals surface area (Å²) in [7, 11) is 0. The Morgan fingerprint density at radius 2 is 2.16 bits per heavy atom. The van der Waals surface area contributed by atoms with Crippen molar-refractivity contribution in [2.45, 2.75) is 12.3 Å². The Balaban J connectivity index is 2.46. The second-order valence-electron chi connectivity index (χ2n) is 4.13. The van der Waals surface area contributed by atoms with Gasteiger partial charge in [-0.25, -0.2) is 10.6 Å². The van der Waals surface area contributed by atoms with Crippen molar-refractivity contribution >= 4 is 23.7 Å². The van der Waals surface area contributed by atoms with E-state index >= 15 is 0 Å². The predicted octanol–water partition coefficient (Wildman–Crippen LogP) is -0.0569. The van der Waals surface area contributed by atoms with Crippen LogP contribution in [0.2, 0.25) is 0 Å². The summed E-state index contributed by atoms with van der Waals surface area (Å²) in [4.78, 5) is 34.1. The number of carboxylic acid groups (broad SMARTS) is 1. The fourth-order valence-electron chi connectivity index (χ4n) is 1.97. The minimum atomic E-state index is -1.47. The molecule has 0 spiro atoms. The van der Waals surface area contributed by atoms with E-state index in [1.807, 2.05) is 5.43 Å². The highest BCUT2D eigenvalue weighted by Gasteiger charge is 2.48. The topological polar surface area (TPSA) is 131 Å². The van der Waals surface area contributed by atoms with Gasteiger partial charge in [-0.15, -0.1) is 0 Å². The highest BCUT2D eigenvalue weighted by Crippen LogP contribution is 2.39. The number of hydrogen-bond acceptors (Lipinski definition) is 5. The zero-order valence-electron chi connectivity index (χ0n) is 9.89. The maximum atomic E-state index is 11.9. The summed E-state index contributed by atoms with van der Waals surface area (Å²) in [6.07, 6.45) is -1.47. The minimum absolute atomic E-state index is 0.0453. The summed E-state index contributed by atoms with van der Waals surface area (Å²) in [5.74, 6) is 3.92. The molecule has 8 heteroatoms. The largest absolute Gasteiger partial charge is 0.511 e. The first-order valence-electron chi connectivity index (χ1n) is 5.27. The van der Waals surface area contributed by atoms with Crippen molar-refractivity contribution in [2.24, 2.45) is 5.84 Å². The number of rotatable bonds is 2. The predicted molar refractivity (Wildman–Crippen MR) is 63.4 cm³/mol. The Kier molecular flexibility index (Phi) is 2.87. The molecule has 0 bridgehead atoms. The molecule has 1 aliphatic heterocycles. The van der Waals surface area contributed by atoms with Crippen molar-refractivity contribution in [1.82, 2.24) is 5.43 Å². The number of nitrogens with one attached hydrogen (secondary N) is 2. The van der Waals surface area contributed by atoms with Gasteiger partial charge in [-0.3, -0.25) is 15.0 Å². The number of amides is 2. The molecule has 0 radical (unpaired) electrons. The molecule has 1 aromatic carbocycles. The molecule has 0 saturated heterocycles. The van der Waals surface area contributed by atoms with E-state index in [9.17, 15) is 14.4 Å². The van der Waals surface area contributed by atoms with Gasteiger partial charge < -0.3 is 15.2 Å². The average molecular weight is 265 g/mol. The van der Waals surface area contributed by atoms with E-state index in [1.165, 1.54) is 25.1 Å². The summed E-state index contributed by atoms with van der Waals surface area (Å²) >= 11 is 0. The molecular formula is C11H11N3O5. The quantitative estimate of drug-likeness (QED) is 0.148. The number of anilines is 1. The van der Waals surface area contributed by atoms with Gasteiger partial charge in [0.05, 0.1) is 0 Å². The first kappa shape index (κ1) is 12.8. The molecule has 19 heavy (non-hydrogen) atoms. The maximum absolute atomic E-state index is 11.9. The molecule has 0 fully saturated rings. The van der Waals surface area contributed by atoms with Crippen LogP contribution >= 0.6 is 0 Å². The molecule has 5 N–H and O–H groups in total. The van der Waals surface area contributed by atoms with Crippen LogP contribution < -0.4 is 21.3 Å². The van der Waals surface area contributed by atoms with E-state index < -0.39 is 23.4 Å². The number of carbonyl (C=O) groups is 3. The molecule has 2 amide bonds. The highest BCUT2D eigenvalue weighted by molar-refractivity contribution is 6.20. The normalized spacial score (nSPS) is 20.4. The highest BCUT2D eigenvalue weighted by atomic mass is 16.7. The van der Waals surface area contributed by atoms with E-state index in [2.05, 4.69) is 10.1 Å². The molecule has 1 aliphatic rings. The minimum Gasteiger partial charge on any atom is -0.449 e. The first-order valence-corrected chi connectivity index (χ1v) is 5.27. The third-order valence-electron chi connectivity index (χ3n) is 3.02. The maximum Gasteiger partial charge on any atom is 0.511 e. The van der Waals surface area contributed by atoms with Gasteiger partial charge in [0, 0.05) is 17.3 Å². The lowest BCUT2D eigenvalue weighted by atomic mass is 9.83. The van der Waals surface area contributed by atoms with Gasteiger partial charge in [-0.05, 0) is 13.0 Å². The van der Waals surface area contributed by atoms with E-state index in [4.69, 9.17) is 10.9 Å². The summed E-state index contributed by atoms with van der Waals surface area (Å²) < 4.78 is 4.47. The number of benzene rings is 1. The Labute approximate surface area is 107 Å². The number of ether oxygens (including phenoxy) is 1. The summed E-state index contributed by atoms with van der Waals surface area (Å²) in [5, 5.41) is 11.0. The van der Waals surface area contributed by atoms with Crippen LogP contribution in [0.1, 0.15) is 12.5 Å². The fraction of sp³-hybridized carbons (Fsp3) is 0.182. The summed E-state index contributed by atoms with van der Waals surface area (Å²) in [5.41, 5.74) is 1.20. The molecule has 1 unspecified atom stereocenters. The van der Waals surface area contributed by atoms with Crippen LogP contribution in [0.3, 0.4) is 0 Å². The molecule has 0 aromatic heterocycles. The smallest absolute Gasteiger partial charge is 0.449 e. The second-order valence-corrected chi connectivity index (χ2v) is 4.13. The van der Waals surface area contributed by atoms with E-state index in [-0.39, 0.29) is 5.75 Å². The van der Waals surface area contributed by atoms with Crippen LogP contribution in [-0.4, -0.2) is 23.1 Å². The second kappa shape index (κ2) is 4.25. The van der Waals surface area contributed by atoms with Gasteiger partial charge >= 0.3 is 6.16 Å². The molecule has 1 aromatic rings. The van der Waals surface area contributed by atoms with Crippen LogP contribution in [0.15, 0.2) is 18.2 Å². The van der Waals surface area contributed by atoms with Gasteiger partial charge in [-0.1, -0.05) is 6.07 Å². The van der Waals surface area contributed by atoms with Gasteiger partial charge in [-0.2, -0.15) is 0 Å². The SMILES string of the molecule is CC1(C(=O)NN)C(=O)Nc2cc(OC(=O)O)ccc21. The van der Waals surface area contributed by atoms with Crippen LogP contribution in [0.25, 0.3) is 0 Å². The molecule has 0 saturated carbocycles. The number of hydrogen-bond donors (Lipinski definition) is 4. The van der Waals surface area contributed by atoms with Crippen molar-refractivity contribution in [1.29, 1.82) is 0 Å². The lowest BCUT2D eigenvalue weighted by Crippen LogP contribution is -2.49. The van der Waals surface area contributed by atoms with E-state index in [1.54, 1.807) is 0 Å². The monoisotopic (exact) mass is 265 g/mol. The molecule has 8 nitrogen and oxygen atoms in total. The zero-order chi connectivity index (χ0) is 14.2. The van der Waals surface area contributed by atoms with Gasteiger partial charge in [0.1, 0.15) is 5.75 Å². The molecule has 0 aliphatic carbocycles. The van der Waals surface area contributed by atoms with Crippen molar-refractivity contribution in [3.05, 3.63) is 23.8 Å². The standard InChI is InChI=1S/C11H11N3O5/c1-11(9(16)14-12)6-3-2-5(19-10(17)18)4-7(6)13-8(11)15/h2-4H,12H2,1H3,(H,13,15)(H,14,16)(H,17,18).